The minimum absolute atomic E-state index is 0.0801. The zero-order chi connectivity index (χ0) is 15.7. The predicted molar refractivity (Wildman–Crippen MR) is 75.5 cm³/mol. The van der Waals surface area contributed by atoms with Crippen molar-refractivity contribution in [3.8, 4) is 0 Å². The molecule has 0 bridgehead atoms. The van der Waals surface area contributed by atoms with Crippen molar-refractivity contribution in [1.82, 2.24) is 9.55 Å². The molecule has 22 heavy (non-hydrogen) atoms. The van der Waals surface area contributed by atoms with Crippen molar-refractivity contribution in [2.45, 2.75) is 49.7 Å². The zero-order valence-electron chi connectivity index (χ0n) is 12.1. The first-order chi connectivity index (χ1) is 10.5. The highest BCUT2D eigenvalue weighted by Crippen LogP contribution is 2.39. The first kappa shape index (κ1) is 15.4. The van der Waals surface area contributed by atoms with Crippen LogP contribution in [-0.4, -0.2) is 51.3 Å². The molecule has 8 heteroatoms. The van der Waals surface area contributed by atoms with Crippen LogP contribution in [0.4, 0.5) is 0 Å². The molecule has 2 aliphatic heterocycles. The van der Waals surface area contributed by atoms with Gasteiger partial charge in [-0.15, -0.1) is 0 Å². The summed E-state index contributed by atoms with van der Waals surface area (Å²) in [6.07, 6.45) is 1.96. The molecule has 1 aromatic heterocycles. The standard InChI is InChI=1S/C14H20N2O6/c17-8-11-10(18)7-14(22-11,6-9-2-1-5-21-9)16-4-3-12(19)15-13(16)20/h3-4,9-11,17-18H,1-2,5-8H2,(H,15,19,20)/t9?,10-,11+,14-/m0/s1. The van der Waals surface area contributed by atoms with Gasteiger partial charge in [-0.1, -0.05) is 0 Å². The lowest BCUT2D eigenvalue weighted by molar-refractivity contribution is -0.139. The second-order valence-electron chi connectivity index (χ2n) is 5.88. The van der Waals surface area contributed by atoms with E-state index >= 15 is 0 Å². The fourth-order valence-corrected chi connectivity index (χ4v) is 3.31. The molecule has 0 saturated carbocycles. The van der Waals surface area contributed by atoms with Crippen LogP contribution in [0.15, 0.2) is 21.9 Å². The minimum atomic E-state index is -1.12. The van der Waals surface area contributed by atoms with Gasteiger partial charge in [0.05, 0.1) is 18.8 Å². The molecule has 0 radical (unpaired) electrons. The SMILES string of the molecule is O=c1ccn([C@]2(CC3CCCO3)C[C@H](O)[C@@H](CO)O2)c(=O)[nH]1. The summed E-state index contributed by atoms with van der Waals surface area (Å²) >= 11 is 0. The second-order valence-corrected chi connectivity index (χ2v) is 5.88. The number of ether oxygens (including phenoxy) is 2. The van der Waals surface area contributed by atoms with Gasteiger partial charge in [0.1, 0.15) is 6.10 Å². The third kappa shape index (κ3) is 2.74. The molecule has 8 nitrogen and oxygen atoms in total. The summed E-state index contributed by atoms with van der Waals surface area (Å²) < 4.78 is 12.7. The highest BCUT2D eigenvalue weighted by Gasteiger charge is 2.49. The van der Waals surface area contributed by atoms with Crippen LogP contribution in [0.2, 0.25) is 0 Å². The number of H-pyrrole nitrogens is 1. The second kappa shape index (κ2) is 5.96. The third-order valence-corrected chi connectivity index (χ3v) is 4.34. The number of aliphatic hydroxyl groups excluding tert-OH is 2. The number of aromatic nitrogens is 2. The van der Waals surface area contributed by atoms with Crippen molar-refractivity contribution in [2.24, 2.45) is 0 Å². The maximum atomic E-state index is 12.2. The Hall–Kier alpha value is -1.48. The number of nitrogens with zero attached hydrogens (tertiary/aromatic N) is 1. The van der Waals surface area contributed by atoms with Crippen molar-refractivity contribution < 1.29 is 19.7 Å². The molecule has 122 valence electrons. The van der Waals surface area contributed by atoms with Crippen molar-refractivity contribution >= 4 is 0 Å². The van der Waals surface area contributed by atoms with Crippen LogP contribution in [0.5, 0.6) is 0 Å². The van der Waals surface area contributed by atoms with Gasteiger partial charge in [0.15, 0.2) is 5.72 Å². The fourth-order valence-electron chi connectivity index (χ4n) is 3.31. The van der Waals surface area contributed by atoms with E-state index in [9.17, 15) is 19.8 Å². The summed E-state index contributed by atoms with van der Waals surface area (Å²) in [5.74, 6) is 0. The predicted octanol–water partition coefficient (Wildman–Crippen LogP) is -1.10. The Morgan fingerprint density at radius 1 is 1.45 bits per heavy atom. The van der Waals surface area contributed by atoms with Crippen molar-refractivity contribution in [3.63, 3.8) is 0 Å². The summed E-state index contributed by atoms with van der Waals surface area (Å²) in [5, 5.41) is 19.4. The van der Waals surface area contributed by atoms with Crippen LogP contribution >= 0.6 is 0 Å². The summed E-state index contributed by atoms with van der Waals surface area (Å²) in [4.78, 5) is 25.6. The van der Waals surface area contributed by atoms with Gasteiger partial charge in [-0.2, -0.15) is 0 Å². The highest BCUT2D eigenvalue weighted by atomic mass is 16.6. The van der Waals surface area contributed by atoms with Gasteiger partial charge >= 0.3 is 5.69 Å². The Balaban J connectivity index is 1.99. The molecule has 2 fully saturated rings. The van der Waals surface area contributed by atoms with Crippen LogP contribution in [0.25, 0.3) is 0 Å². The molecule has 2 aliphatic rings. The van der Waals surface area contributed by atoms with E-state index in [1.165, 1.54) is 16.8 Å². The maximum absolute atomic E-state index is 12.2. The highest BCUT2D eigenvalue weighted by molar-refractivity contribution is 4.97. The largest absolute Gasteiger partial charge is 0.394 e. The van der Waals surface area contributed by atoms with Gasteiger partial charge in [-0.3, -0.25) is 14.3 Å². The Labute approximate surface area is 126 Å². The molecule has 2 saturated heterocycles. The number of rotatable bonds is 4. The molecular weight excluding hydrogens is 292 g/mol. The average molecular weight is 312 g/mol. The van der Waals surface area contributed by atoms with Gasteiger partial charge in [-0.25, -0.2) is 4.79 Å². The van der Waals surface area contributed by atoms with Gasteiger partial charge in [0.2, 0.25) is 0 Å². The maximum Gasteiger partial charge on any atom is 0.330 e. The van der Waals surface area contributed by atoms with E-state index in [0.717, 1.165) is 12.8 Å². The molecule has 0 aliphatic carbocycles. The molecule has 3 rings (SSSR count). The van der Waals surface area contributed by atoms with Gasteiger partial charge in [0.25, 0.3) is 5.56 Å². The molecule has 1 unspecified atom stereocenters. The number of hydrogen-bond acceptors (Lipinski definition) is 6. The Bertz CT molecular complexity index is 635. The van der Waals surface area contributed by atoms with Gasteiger partial charge < -0.3 is 19.7 Å². The van der Waals surface area contributed by atoms with E-state index in [0.29, 0.717) is 13.0 Å². The number of aromatic amines is 1. The van der Waals surface area contributed by atoms with E-state index in [1.807, 2.05) is 0 Å². The molecular formula is C14H20N2O6. The molecule has 0 amide bonds. The Kier molecular flexibility index (Phi) is 4.18. The lowest BCUT2D eigenvalue weighted by Gasteiger charge is -2.33. The van der Waals surface area contributed by atoms with Crippen LogP contribution in [-0.2, 0) is 15.2 Å². The van der Waals surface area contributed by atoms with Crippen LogP contribution in [0.1, 0.15) is 25.7 Å². The van der Waals surface area contributed by atoms with E-state index in [4.69, 9.17) is 9.47 Å². The summed E-state index contributed by atoms with van der Waals surface area (Å²) in [5.41, 5.74) is -2.22. The van der Waals surface area contributed by atoms with E-state index in [1.54, 1.807) is 0 Å². The third-order valence-electron chi connectivity index (χ3n) is 4.34. The van der Waals surface area contributed by atoms with E-state index in [-0.39, 0.29) is 19.1 Å². The van der Waals surface area contributed by atoms with Crippen molar-refractivity contribution in [2.75, 3.05) is 13.2 Å². The first-order valence-corrected chi connectivity index (χ1v) is 7.45. The Morgan fingerprint density at radius 2 is 2.27 bits per heavy atom. The van der Waals surface area contributed by atoms with Crippen LogP contribution < -0.4 is 11.2 Å². The smallest absolute Gasteiger partial charge is 0.330 e. The minimum Gasteiger partial charge on any atom is -0.394 e. The number of nitrogens with one attached hydrogen (secondary N) is 1. The molecule has 4 atom stereocenters. The lowest BCUT2D eigenvalue weighted by atomic mass is 9.98. The monoisotopic (exact) mass is 312 g/mol. The normalized spacial score (nSPS) is 35.1. The van der Waals surface area contributed by atoms with Gasteiger partial charge in [-0.05, 0) is 12.8 Å². The number of hydrogen-bond donors (Lipinski definition) is 3. The molecule has 0 aromatic carbocycles. The Morgan fingerprint density at radius 3 is 2.86 bits per heavy atom. The number of aliphatic hydroxyl groups is 2. The fraction of sp³-hybridized carbons (Fsp3) is 0.714. The molecule has 0 spiro atoms. The first-order valence-electron chi connectivity index (χ1n) is 7.45. The van der Waals surface area contributed by atoms with Crippen LogP contribution in [0.3, 0.4) is 0 Å². The van der Waals surface area contributed by atoms with Gasteiger partial charge in [0, 0.05) is 31.7 Å². The van der Waals surface area contributed by atoms with E-state index in [2.05, 4.69) is 4.98 Å². The summed E-state index contributed by atoms with van der Waals surface area (Å²) in [6, 6.07) is 1.24. The topological polar surface area (TPSA) is 114 Å². The van der Waals surface area contributed by atoms with E-state index < -0.39 is 29.2 Å². The zero-order valence-corrected chi connectivity index (χ0v) is 12.1. The average Bonchev–Trinajstić information content (AvgIpc) is 3.07. The quantitative estimate of drug-likeness (QED) is 0.650. The summed E-state index contributed by atoms with van der Waals surface area (Å²) in [6.45, 7) is 0.319. The van der Waals surface area contributed by atoms with Crippen molar-refractivity contribution in [1.29, 1.82) is 0 Å². The summed E-state index contributed by atoms with van der Waals surface area (Å²) in [7, 11) is 0. The molecule has 1 aromatic rings. The van der Waals surface area contributed by atoms with Crippen molar-refractivity contribution in [3.05, 3.63) is 33.1 Å². The lowest BCUT2D eigenvalue weighted by Crippen LogP contribution is -2.46. The molecule has 3 N–H and O–H groups in total. The molecule has 3 heterocycles. The van der Waals surface area contributed by atoms with Crippen LogP contribution in [0, 0.1) is 0 Å².